The van der Waals surface area contributed by atoms with E-state index in [9.17, 15) is 9.90 Å². The van der Waals surface area contributed by atoms with Crippen LogP contribution in [0.3, 0.4) is 0 Å². The Morgan fingerprint density at radius 2 is 1.82 bits per heavy atom. The Bertz CT molecular complexity index is 1340. The number of aliphatic carboxylic acids is 1. The fourth-order valence-corrected chi connectivity index (χ4v) is 5.87. The first-order chi connectivity index (χ1) is 18.7. The molecule has 5 rings (SSSR count). The monoisotopic (exact) mass is 531 g/mol. The summed E-state index contributed by atoms with van der Waals surface area (Å²) < 4.78 is 26.7. The summed E-state index contributed by atoms with van der Waals surface area (Å²) >= 11 is 0. The van der Waals surface area contributed by atoms with Crippen LogP contribution in [-0.2, 0) is 11.4 Å². The normalized spacial score (nSPS) is 17.5. The van der Waals surface area contributed by atoms with E-state index < -0.39 is 5.97 Å². The van der Waals surface area contributed by atoms with Crippen LogP contribution >= 0.6 is 0 Å². The van der Waals surface area contributed by atoms with E-state index in [1.807, 2.05) is 36.4 Å². The Hall–Kier alpha value is -3.38. The zero-order valence-corrected chi connectivity index (χ0v) is 23.2. The zero-order chi connectivity index (χ0) is 27.7. The van der Waals surface area contributed by atoms with Gasteiger partial charge in [0.15, 0.2) is 0 Å². The van der Waals surface area contributed by atoms with E-state index in [0.29, 0.717) is 23.8 Å². The molecule has 0 saturated heterocycles. The molecule has 206 valence electrons. The summed E-state index contributed by atoms with van der Waals surface area (Å²) in [5.74, 6) is 0.815. The van der Waals surface area contributed by atoms with Crippen LogP contribution in [0.4, 0.5) is 4.39 Å². The van der Waals surface area contributed by atoms with Gasteiger partial charge in [0.1, 0.15) is 23.9 Å². The number of halogens is 1. The standard InChI is InChI=1S/C33H38FNO4/c1-33(14-15-33)29(19-31(36)37)23-6-5-7-25(17-23)39-20-21-8-12-26(27-18-24(38-4)11-13-30(27)34)28(16-21)32(35(2)3)22-9-10-22/h5-8,11-13,16-18,22,29,32H,9-10,14-15,19-20H2,1-4H3,(H,36,37)/t29-,32?/m1/s1. The maximum atomic E-state index is 15.1. The maximum Gasteiger partial charge on any atom is 0.303 e. The van der Waals surface area contributed by atoms with Gasteiger partial charge >= 0.3 is 5.97 Å². The number of methoxy groups -OCH3 is 1. The van der Waals surface area contributed by atoms with Gasteiger partial charge in [0.05, 0.1) is 13.5 Å². The van der Waals surface area contributed by atoms with Crippen LogP contribution in [0.25, 0.3) is 11.1 Å². The van der Waals surface area contributed by atoms with Crippen molar-refractivity contribution < 1.29 is 23.8 Å². The van der Waals surface area contributed by atoms with Crippen LogP contribution in [-0.4, -0.2) is 37.2 Å². The van der Waals surface area contributed by atoms with Gasteiger partial charge in [0.2, 0.25) is 0 Å². The van der Waals surface area contributed by atoms with Gasteiger partial charge in [0, 0.05) is 11.6 Å². The molecule has 3 aromatic carbocycles. The number of carbonyl (C=O) groups is 1. The summed E-state index contributed by atoms with van der Waals surface area (Å²) in [5, 5.41) is 9.50. The third kappa shape index (κ3) is 6.11. The second-order valence-electron chi connectivity index (χ2n) is 11.7. The molecule has 0 spiro atoms. The zero-order valence-electron chi connectivity index (χ0n) is 23.2. The Labute approximate surface area is 230 Å². The van der Waals surface area contributed by atoms with E-state index in [0.717, 1.165) is 53.7 Å². The molecule has 0 amide bonds. The van der Waals surface area contributed by atoms with Crippen molar-refractivity contribution in [2.75, 3.05) is 21.2 Å². The first-order valence-electron chi connectivity index (χ1n) is 13.8. The molecular weight excluding hydrogens is 493 g/mol. The average Bonchev–Trinajstić information content (AvgIpc) is 3.85. The average molecular weight is 532 g/mol. The third-order valence-corrected chi connectivity index (χ3v) is 8.45. The number of carboxylic acid groups (broad SMARTS) is 1. The number of hydrogen-bond acceptors (Lipinski definition) is 4. The molecule has 3 aromatic rings. The SMILES string of the molecule is COc1ccc(F)c(-c2ccc(COc3cccc([C@@H](CC(=O)O)C4(C)CC4)c3)cc2C(C2CC2)N(C)C)c1. The van der Waals surface area contributed by atoms with Crippen molar-refractivity contribution in [3.05, 3.63) is 83.2 Å². The smallest absolute Gasteiger partial charge is 0.303 e. The lowest BCUT2D eigenvalue weighted by molar-refractivity contribution is -0.137. The highest BCUT2D eigenvalue weighted by Gasteiger charge is 2.46. The van der Waals surface area contributed by atoms with Gasteiger partial charge in [0.25, 0.3) is 0 Å². The largest absolute Gasteiger partial charge is 0.497 e. The van der Waals surface area contributed by atoms with E-state index in [2.05, 4.69) is 32.0 Å². The van der Waals surface area contributed by atoms with Crippen LogP contribution < -0.4 is 9.47 Å². The third-order valence-electron chi connectivity index (χ3n) is 8.45. The fraction of sp³-hybridized carbons (Fsp3) is 0.424. The van der Waals surface area contributed by atoms with E-state index in [4.69, 9.17) is 9.47 Å². The number of ether oxygens (including phenoxy) is 2. The quantitative estimate of drug-likeness (QED) is 0.263. The van der Waals surface area contributed by atoms with Crippen LogP contribution in [0, 0.1) is 17.2 Å². The lowest BCUT2D eigenvalue weighted by Crippen LogP contribution is -2.22. The van der Waals surface area contributed by atoms with E-state index in [1.54, 1.807) is 19.2 Å². The first kappa shape index (κ1) is 27.2. The van der Waals surface area contributed by atoms with Crippen molar-refractivity contribution >= 4 is 5.97 Å². The van der Waals surface area contributed by atoms with Crippen LogP contribution in [0.2, 0.25) is 0 Å². The predicted octanol–water partition coefficient (Wildman–Crippen LogP) is 7.45. The van der Waals surface area contributed by atoms with Gasteiger partial charge in [-0.1, -0.05) is 37.3 Å². The van der Waals surface area contributed by atoms with E-state index in [1.165, 1.54) is 6.07 Å². The number of nitrogens with zero attached hydrogens (tertiary/aromatic N) is 1. The number of carboxylic acids is 1. The lowest BCUT2D eigenvalue weighted by Gasteiger charge is -2.28. The van der Waals surface area contributed by atoms with E-state index >= 15 is 4.39 Å². The summed E-state index contributed by atoms with van der Waals surface area (Å²) in [6.07, 6.45) is 4.54. The molecule has 2 aliphatic carbocycles. The highest BCUT2D eigenvalue weighted by Crippen LogP contribution is 2.57. The van der Waals surface area contributed by atoms with Gasteiger partial charge in [-0.25, -0.2) is 4.39 Å². The summed E-state index contributed by atoms with van der Waals surface area (Å²) in [6.45, 7) is 2.53. The maximum absolute atomic E-state index is 15.1. The Morgan fingerprint density at radius 1 is 1.05 bits per heavy atom. The molecule has 1 N–H and O–H groups in total. The minimum Gasteiger partial charge on any atom is -0.497 e. The minimum atomic E-state index is -0.773. The first-order valence-corrected chi connectivity index (χ1v) is 13.8. The minimum absolute atomic E-state index is 0.0263. The molecule has 1 unspecified atom stereocenters. The van der Waals surface area contributed by atoms with Gasteiger partial charge in [-0.15, -0.1) is 0 Å². The lowest BCUT2D eigenvalue weighted by atomic mass is 9.82. The highest BCUT2D eigenvalue weighted by atomic mass is 19.1. The molecule has 0 bridgehead atoms. The molecule has 2 saturated carbocycles. The van der Waals surface area contributed by atoms with Gasteiger partial charge in [-0.2, -0.15) is 0 Å². The van der Waals surface area contributed by atoms with Crippen molar-refractivity contribution in [2.24, 2.45) is 11.3 Å². The summed E-state index contributed by atoms with van der Waals surface area (Å²) in [7, 11) is 5.75. The Morgan fingerprint density at radius 3 is 2.46 bits per heavy atom. The molecule has 0 radical (unpaired) electrons. The molecule has 2 aliphatic rings. The fourth-order valence-electron chi connectivity index (χ4n) is 5.87. The summed E-state index contributed by atoms with van der Waals surface area (Å²) in [5.41, 5.74) is 4.56. The van der Waals surface area contributed by atoms with Crippen molar-refractivity contribution in [1.82, 2.24) is 4.90 Å². The molecular formula is C33H38FNO4. The van der Waals surface area contributed by atoms with Gasteiger partial charge in [-0.05, 0) is 110 Å². The van der Waals surface area contributed by atoms with Crippen molar-refractivity contribution in [3.8, 4) is 22.6 Å². The van der Waals surface area contributed by atoms with Crippen LogP contribution in [0.15, 0.2) is 60.7 Å². The van der Waals surface area contributed by atoms with Crippen LogP contribution in [0.5, 0.6) is 11.5 Å². The number of rotatable bonds is 12. The molecule has 6 heteroatoms. The summed E-state index contributed by atoms with van der Waals surface area (Å²) in [4.78, 5) is 13.8. The van der Waals surface area contributed by atoms with Gasteiger partial charge < -0.3 is 19.5 Å². The molecule has 39 heavy (non-hydrogen) atoms. The molecule has 2 atom stereocenters. The number of benzene rings is 3. The van der Waals surface area contributed by atoms with E-state index in [-0.39, 0.29) is 29.6 Å². The predicted molar refractivity (Wildman–Crippen MR) is 151 cm³/mol. The summed E-state index contributed by atoms with van der Waals surface area (Å²) in [6, 6.07) is 19.1. The van der Waals surface area contributed by atoms with Crippen LogP contribution in [0.1, 0.15) is 67.7 Å². The molecule has 2 fully saturated rings. The second-order valence-corrected chi connectivity index (χ2v) is 11.7. The Balaban J connectivity index is 1.43. The van der Waals surface area contributed by atoms with Crippen molar-refractivity contribution in [1.29, 1.82) is 0 Å². The van der Waals surface area contributed by atoms with Crippen molar-refractivity contribution in [2.45, 2.75) is 57.6 Å². The van der Waals surface area contributed by atoms with Gasteiger partial charge in [-0.3, -0.25) is 4.79 Å². The topological polar surface area (TPSA) is 59.0 Å². The highest BCUT2D eigenvalue weighted by molar-refractivity contribution is 5.71. The molecule has 0 aliphatic heterocycles. The molecule has 5 nitrogen and oxygen atoms in total. The van der Waals surface area contributed by atoms with Crippen molar-refractivity contribution in [3.63, 3.8) is 0 Å². The molecule has 0 aromatic heterocycles. The number of hydrogen-bond donors (Lipinski definition) is 1. The Kier molecular flexibility index (Phi) is 7.68. The molecule has 0 heterocycles. The second kappa shape index (κ2) is 11.0.